The SMILES string of the molecule is CCCCOc1ccc([C@@H]2[C@H](N3C(=O)c4ccc([N+](=O)[O-])cc4C3=O)C(=O)N2c2ccc(Br)cc2)cc1. The maximum Gasteiger partial charge on any atom is 0.270 e. The van der Waals surface area contributed by atoms with Crippen LogP contribution in [0.1, 0.15) is 52.1 Å². The van der Waals surface area contributed by atoms with Crippen molar-refractivity contribution in [3.8, 4) is 5.75 Å². The molecule has 10 heteroatoms. The number of amides is 3. The molecule has 0 N–H and O–H groups in total. The second kappa shape index (κ2) is 9.78. The van der Waals surface area contributed by atoms with E-state index in [-0.39, 0.29) is 16.8 Å². The van der Waals surface area contributed by atoms with E-state index in [1.807, 2.05) is 12.1 Å². The first kappa shape index (κ1) is 24.6. The summed E-state index contributed by atoms with van der Waals surface area (Å²) in [6, 6.07) is 16.2. The zero-order chi connectivity index (χ0) is 26.3. The van der Waals surface area contributed by atoms with Gasteiger partial charge in [0.1, 0.15) is 11.8 Å². The fraction of sp³-hybridized carbons (Fsp3) is 0.222. The minimum Gasteiger partial charge on any atom is -0.494 e. The van der Waals surface area contributed by atoms with Crippen molar-refractivity contribution in [3.63, 3.8) is 0 Å². The molecule has 188 valence electrons. The number of unbranched alkanes of at least 4 members (excludes halogenated alkanes) is 1. The highest BCUT2D eigenvalue weighted by Crippen LogP contribution is 2.45. The maximum absolute atomic E-state index is 13.5. The van der Waals surface area contributed by atoms with Gasteiger partial charge in [0.25, 0.3) is 23.4 Å². The molecule has 0 saturated carbocycles. The van der Waals surface area contributed by atoms with Crippen LogP contribution in [-0.2, 0) is 4.79 Å². The number of halogens is 1. The number of nitro benzene ring substituents is 1. The van der Waals surface area contributed by atoms with Crippen LogP contribution in [0.3, 0.4) is 0 Å². The molecule has 3 amide bonds. The van der Waals surface area contributed by atoms with Gasteiger partial charge in [-0.3, -0.25) is 29.4 Å². The highest BCUT2D eigenvalue weighted by atomic mass is 79.9. The van der Waals surface area contributed by atoms with Gasteiger partial charge in [0, 0.05) is 22.3 Å². The zero-order valence-electron chi connectivity index (χ0n) is 19.8. The molecule has 2 aliphatic heterocycles. The molecule has 2 atom stereocenters. The van der Waals surface area contributed by atoms with Crippen LogP contribution in [0.5, 0.6) is 5.75 Å². The van der Waals surface area contributed by atoms with Crippen LogP contribution < -0.4 is 9.64 Å². The number of β-lactam (4-membered cyclic amide) rings is 1. The fourth-order valence-corrected chi connectivity index (χ4v) is 4.92. The highest BCUT2D eigenvalue weighted by Gasteiger charge is 2.57. The van der Waals surface area contributed by atoms with Crippen LogP contribution in [0.15, 0.2) is 71.2 Å². The van der Waals surface area contributed by atoms with Crippen molar-refractivity contribution in [1.82, 2.24) is 4.90 Å². The molecule has 1 fully saturated rings. The van der Waals surface area contributed by atoms with Crippen molar-refractivity contribution in [3.05, 3.63) is 98.0 Å². The number of hydrogen-bond acceptors (Lipinski definition) is 6. The number of imide groups is 1. The summed E-state index contributed by atoms with van der Waals surface area (Å²) in [4.78, 5) is 53.2. The molecule has 5 rings (SSSR count). The highest BCUT2D eigenvalue weighted by molar-refractivity contribution is 9.10. The van der Waals surface area contributed by atoms with E-state index in [4.69, 9.17) is 4.74 Å². The number of hydrogen-bond donors (Lipinski definition) is 0. The van der Waals surface area contributed by atoms with Crippen LogP contribution in [0.4, 0.5) is 11.4 Å². The zero-order valence-corrected chi connectivity index (χ0v) is 21.4. The number of carbonyl (C=O) groups excluding carboxylic acids is 3. The molecular weight excluding hydrogens is 542 g/mol. The van der Waals surface area contributed by atoms with Gasteiger partial charge in [0.15, 0.2) is 0 Å². The number of benzene rings is 3. The number of fused-ring (bicyclic) bond motifs is 1. The maximum atomic E-state index is 13.5. The van der Waals surface area contributed by atoms with Gasteiger partial charge in [-0.05, 0) is 54.4 Å². The van der Waals surface area contributed by atoms with Gasteiger partial charge in [0.2, 0.25) is 0 Å². The summed E-state index contributed by atoms with van der Waals surface area (Å²) in [6.45, 7) is 2.67. The molecule has 0 spiro atoms. The first-order valence-electron chi connectivity index (χ1n) is 11.8. The largest absolute Gasteiger partial charge is 0.494 e. The first-order chi connectivity index (χ1) is 17.8. The molecule has 0 aliphatic carbocycles. The summed E-state index contributed by atoms with van der Waals surface area (Å²) in [5, 5.41) is 11.2. The number of non-ortho nitro benzene ring substituents is 1. The number of nitrogens with zero attached hydrogens (tertiary/aromatic N) is 3. The number of ether oxygens (including phenoxy) is 1. The molecule has 3 aromatic rings. The third kappa shape index (κ3) is 4.27. The number of nitro groups is 1. The third-order valence-electron chi connectivity index (χ3n) is 6.55. The number of rotatable bonds is 8. The van der Waals surface area contributed by atoms with E-state index in [1.54, 1.807) is 41.3 Å². The number of carbonyl (C=O) groups is 3. The standard InChI is InChI=1S/C27H22BrN3O6/c1-2-3-14-37-20-11-4-16(5-12-20)23-24(27(34)29(23)18-8-6-17(28)7-9-18)30-25(32)21-13-10-19(31(35)36)15-22(21)26(30)33/h4-13,15,23-24H,2-3,14H2,1H3/t23-,24+/m1/s1. The average molecular weight is 564 g/mol. The quantitative estimate of drug-likeness (QED) is 0.121. The Kier molecular flexibility index (Phi) is 6.51. The molecule has 37 heavy (non-hydrogen) atoms. The molecule has 0 bridgehead atoms. The van der Waals surface area contributed by atoms with E-state index in [0.29, 0.717) is 18.0 Å². The smallest absolute Gasteiger partial charge is 0.270 e. The normalized spacial score (nSPS) is 18.6. The van der Waals surface area contributed by atoms with Gasteiger partial charge in [0.05, 0.1) is 28.7 Å². The van der Waals surface area contributed by atoms with E-state index in [0.717, 1.165) is 33.8 Å². The second-order valence-electron chi connectivity index (χ2n) is 8.81. The van der Waals surface area contributed by atoms with Crippen molar-refractivity contribution in [2.24, 2.45) is 0 Å². The summed E-state index contributed by atoms with van der Waals surface area (Å²) >= 11 is 3.39. The Morgan fingerprint density at radius 1 is 0.892 bits per heavy atom. The van der Waals surface area contributed by atoms with Gasteiger partial charge in [-0.25, -0.2) is 0 Å². The van der Waals surface area contributed by atoms with Crippen molar-refractivity contribution < 1.29 is 24.0 Å². The van der Waals surface area contributed by atoms with Crippen LogP contribution in [0, 0.1) is 10.1 Å². The van der Waals surface area contributed by atoms with Crippen molar-refractivity contribution >= 4 is 45.0 Å². The first-order valence-corrected chi connectivity index (χ1v) is 12.6. The molecule has 9 nitrogen and oxygen atoms in total. The molecule has 3 aromatic carbocycles. The lowest BCUT2D eigenvalue weighted by atomic mass is 9.86. The molecule has 2 heterocycles. The summed E-state index contributed by atoms with van der Waals surface area (Å²) < 4.78 is 6.59. The number of anilines is 1. The topological polar surface area (TPSA) is 110 Å². The summed E-state index contributed by atoms with van der Waals surface area (Å²) in [6.07, 6.45) is 1.94. The summed E-state index contributed by atoms with van der Waals surface area (Å²) in [7, 11) is 0. The van der Waals surface area contributed by atoms with Crippen LogP contribution in [-0.4, -0.2) is 40.2 Å². The molecule has 2 aliphatic rings. The van der Waals surface area contributed by atoms with Gasteiger partial charge in [-0.2, -0.15) is 0 Å². The lowest BCUT2D eigenvalue weighted by Crippen LogP contribution is -2.67. The van der Waals surface area contributed by atoms with Crippen molar-refractivity contribution in [1.29, 1.82) is 0 Å². The second-order valence-corrected chi connectivity index (χ2v) is 9.73. The molecule has 0 radical (unpaired) electrons. The lowest BCUT2D eigenvalue weighted by molar-refractivity contribution is -0.384. The average Bonchev–Trinajstić information content (AvgIpc) is 3.13. The van der Waals surface area contributed by atoms with E-state index in [9.17, 15) is 24.5 Å². The Balaban J connectivity index is 1.51. The minimum absolute atomic E-state index is 0.0453. The summed E-state index contributed by atoms with van der Waals surface area (Å²) in [5.74, 6) is -1.10. The fourth-order valence-electron chi connectivity index (χ4n) is 4.66. The Morgan fingerprint density at radius 2 is 1.57 bits per heavy atom. The Hall–Kier alpha value is -4.05. The molecular formula is C27H22BrN3O6. The monoisotopic (exact) mass is 563 g/mol. The van der Waals surface area contributed by atoms with Crippen LogP contribution in [0.2, 0.25) is 0 Å². The van der Waals surface area contributed by atoms with Gasteiger partial charge in [-0.1, -0.05) is 41.4 Å². The summed E-state index contributed by atoms with van der Waals surface area (Å²) in [5.41, 5.74) is 1.01. The van der Waals surface area contributed by atoms with E-state index >= 15 is 0 Å². The Labute approximate surface area is 220 Å². The minimum atomic E-state index is -1.10. The van der Waals surface area contributed by atoms with Gasteiger partial charge >= 0.3 is 0 Å². The predicted molar refractivity (Wildman–Crippen MR) is 139 cm³/mol. The predicted octanol–water partition coefficient (Wildman–Crippen LogP) is 5.29. The lowest BCUT2D eigenvalue weighted by Gasteiger charge is -2.49. The van der Waals surface area contributed by atoms with Crippen molar-refractivity contribution in [2.75, 3.05) is 11.5 Å². The van der Waals surface area contributed by atoms with E-state index in [1.165, 1.54) is 12.1 Å². The van der Waals surface area contributed by atoms with E-state index < -0.39 is 34.7 Å². The third-order valence-corrected chi connectivity index (χ3v) is 7.08. The molecule has 0 aromatic heterocycles. The van der Waals surface area contributed by atoms with Crippen LogP contribution >= 0.6 is 15.9 Å². The Bertz CT molecular complexity index is 1410. The van der Waals surface area contributed by atoms with E-state index in [2.05, 4.69) is 22.9 Å². The van der Waals surface area contributed by atoms with Crippen molar-refractivity contribution in [2.45, 2.75) is 31.8 Å². The molecule has 1 saturated heterocycles. The Morgan fingerprint density at radius 3 is 2.22 bits per heavy atom. The van der Waals surface area contributed by atoms with Gasteiger partial charge in [-0.15, -0.1) is 0 Å². The molecule has 0 unspecified atom stereocenters. The van der Waals surface area contributed by atoms with Crippen LogP contribution in [0.25, 0.3) is 0 Å². The van der Waals surface area contributed by atoms with Gasteiger partial charge < -0.3 is 9.64 Å².